The fraction of sp³-hybridized carbons (Fsp3) is 0.452. The van der Waals surface area contributed by atoms with Gasteiger partial charge in [-0.2, -0.15) is 0 Å². The van der Waals surface area contributed by atoms with E-state index in [1.807, 2.05) is 38.1 Å². The standard InChI is InChI=1S/C31H43N3O5/c1-9-20-34(29(36)26(21(4)10-2)33-30(37)39-31(5,6)7)27(23-14-12-22(11-3)13-15-23)28(35)32-24-16-18-25(38-8)19-17-24/h9,12-19,21,26-27H,1,10-11,20H2,2-8H3,(H,32,35)(H,33,37). The van der Waals surface area contributed by atoms with E-state index >= 15 is 0 Å². The van der Waals surface area contributed by atoms with Gasteiger partial charge in [0.05, 0.1) is 7.11 Å². The summed E-state index contributed by atoms with van der Waals surface area (Å²) in [6, 6.07) is 12.7. The highest BCUT2D eigenvalue weighted by Gasteiger charge is 2.37. The Hall–Kier alpha value is -3.81. The monoisotopic (exact) mass is 537 g/mol. The van der Waals surface area contributed by atoms with Gasteiger partial charge in [0, 0.05) is 12.2 Å². The molecule has 39 heavy (non-hydrogen) atoms. The van der Waals surface area contributed by atoms with Crippen molar-refractivity contribution in [1.29, 1.82) is 0 Å². The number of hydrogen-bond acceptors (Lipinski definition) is 5. The summed E-state index contributed by atoms with van der Waals surface area (Å²) < 4.78 is 10.7. The molecule has 0 spiro atoms. The van der Waals surface area contributed by atoms with Gasteiger partial charge in [0.15, 0.2) is 0 Å². The van der Waals surface area contributed by atoms with Gasteiger partial charge < -0.3 is 25.0 Å². The van der Waals surface area contributed by atoms with E-state index in [0.29, 0.717) is 23.4 Å². The fourth-order valence-electron chi connectivity index (χ4n) is 4.05. The first-order valence-electron chi connectivity index (χ1n) is 13.4. The lowest BCUT2D eigenvalue weighted by Gasteiger charge is -2.35. The summed E-state index contributed by atoms with van der Waals surface area (Å²) in [6.07, 6.45) is 2.36. The number of aryl methyl sites for hydroxylation is 1. The van der Waals surface area contributed by atoms with Crippen molar-refractivity contribution < 1.29 is 23.9 Å². The second kappa shape index (κ2) is 14.4. The minimum absolute atomic E-state index is 0.0952. The Bertz CT molecular complexity index is 1110. The van der Waals surface area contributed by atoms with Crippen molar-refractivity contribution in [3.05, 3.63) is 72.3 Å². The normalized spacial score (nSPS) is 13.4. The van der Waals surface area contributed by atoms with E-state index in [9.17, 15) is 14.4 Å². The highest BCUT2D eigenvalue weighted by atomic mass is 16.6. The molecule has 0 fully saturated rings. The second-order valence-corrected chi connectivity index (χ2v) is 10.5. The van der Waals surface area contributed by atoms with Crippen molar-refractivity contribution >= 4 is 23.6 Å². The van der Waals surface area contributed by atoms with Gasteiger partial charge in [-0.25, -0.2) is 4.79 Å². The van der Waals surface area contributed by atoms with Gasteiger partial charge in [-0.3, -0.25) is 9.59 Å². The molecule has 2 rings (SSSR count). The number of benzene rings is 2. The van der Waals surface area contributed by atoms with Gasteiger partial charge in [-0.1, -0.05) is 57.5 Å². The molecule has 8 nitrogen and oxygen atoms in total. The number of rotatable bonds is 12. The maximum Gasteiger partial charge on any atom is 0.408 e. The lowest BCUT2D eigenvalue weighted by atomic mass is 9.95. The van der Waals surface area contributed by atoms with Gasteiger partial charge in [0.2, 0.25) is 5.91 Å². The molecule has 2 aromatic rings. The maximum absolute atomic E-state index is 14.1. The Morgan fingerprint density at radius 1 is 1.03 bits per heavy atom. The molecular weight excluding hydrogens is 494 g/mol. The zero-order valence-electron chi connectivity index (χ0n) is 24.2. The van der Waals surface area contributed by atoms with Crippen LogP contribution in [0.15, 0.2) is 61.2 Å². The smallest absolute Gasteiger partial charge is 0.408 e. The SMILES string of the molecule is C=CCN(C(=O)C(NC(=O)OC(C)(C)C)C(C)CC)C(C(=O)Nc1ccc(OC)cc1)c1ccc(CC)cc1. The summed E-state index contributed by atoms with van der Waals surface area (Å²) in [5, 5.41) is 5.69. The number of hydrogen-bond donors (Lipinski definition) is 2. The third kappa shape index (κ3) is 9.16. The van der Waals surface area contributed by atoms with E-state index < -0.39 is 29.7 Å². The van der Waals surface area contributed by atoms with Gasteiger partial charge >= 0.3 is 6.09 Å². The fourth-order valence-corrected chi connectivity index (χ4v) is 4.05. The van der Waals surface area contributed by atoms with Crippen molar-refractivity contribution in [2.24, 2.45) is 5.92 Å². The van der Waals surface area contributed by atoms with Crippen molar-refractivity contribution in [1.82, 2.24) is 10.2 Å². The van der Waals surface area contributed by atoms with Crippen LogP contribution < -0.4 is 15.4 Å². The minimum atomic E-state index is -0.976. The molecule has 2 N–H and O–H groups in total. The summed E-state index contributed by atoms with van der Waals surface area (Å²) in [5.74, 6) is -0.345. The Morgan fingerprint density at radius 2 is 1.64 bits per heavy atom. The summed E-state index contributed by atoms with van der Waals surface area (Å²) in [7, 11) is 1.57. The average molecular weight is 538 g/mol. The van der Waals surface area contributed by atoms with Crippen LogP contribution in [0.1, 0.15) is 65.1 Å². The Kier molecular flexibility index (Phi) is 11.6. The topological polar surface area (TPSA) is 97.0 Å². The maximum atomic E-state index is 14.1. The largest absolute Gasteiger partial charge is 0.497 e. The summed E-state index contributed by atoms with van der Waals surface area (Å²) in [6.45, 7) is 15.1. The van der Waals surface area contributed by atoms with Crippen LogP contribution in [0.3, 0.4) is 0 Å². The van der Waals surface area contributed by atoms with Crippen LogP contribution in [0.25, 0.3) is 0 Å². The van der Waals surface area contributed by atoms with Gasteiger partial charge in [0.25, 0.3) is 5.91 Å². The molecule has 0 saturated carbocycles. The third-order valence-corrected chi connectivity index (χ3v) is 6.38. The van der Waals surface area contributed by atoms with Crippen molar-refractivity contribution in [3.8, 4) is 5.75 Å². The van der Waals surface area contributed by atoms with E-state index in [0.717, 1.165) is 12.0 Å². The number of amides is 3. The van der Waals surface area contributed by atoms with Gasteiger partial charge in [-0.15, -0.1) is 6.58 Å². The van der Waals surface area contributed by atoms with Crippen LogP contribution in [-0.2, 0) is 20.7 Å². The molecule has 0 aliphatic carbocycles. The van der Waals surface area contributed by atoms with Gasteiger partial charge in [0.1, 0.15) is 23.4 Å². The lowest BCUT2D eigenvalue weighted by molar-refractivity contribution is -0.141. The van der Waals surface area contributed by atoms with Crippen LogP contribution in [-0.4, -0.2) is 48.1 Å². The lowest BCUT2D eigenvalue weighted by Crippen LogP contribution is -2.54. The summed E-state index contributed by atoms with van der Waals surface area (Å²) in [4.78, 5) is 42.1. The molecule has 212 valence electrons. The second-order valence-electron chi connectivity index (χ2n) is 10.5. The van der Waals surface area contributed by atoms with Crippen molar-refractivity contribution in [2.75, 3.05) is 19.0 Å². The molecule has 3 amide bonds. The first-order chi connectivity index (χ1) is 18.4. The predicted molar refractivity (Wildman–Crippen MR) is 155 cm³/mol. The number of alkyl carbamates (subject to hydrolysis) is 1. The molecule has 0 aliphatic rings. The number of methoxy groups -OCH3 is 1. The Morgan fingerprint density at radius 3 is 2.13 bits per heavy atom. The highest BCUT2D eigenvalue weighted by molar-refractivity contribution is 5.99. The number of ether oxygens (including phenoxy) is 2. The van der Waals surface area contributed by atoms with Crippen LogP contribution in [0.4, 0.5) is 10.5 Å². The van der Waals surface area contributed by atoms with E-state index in [2.05, 4.69) is 24.1 Å². The van der Waals surface area contributed by atoms with E-state index in [1.165, 1.54) is 4.90 Å². The minimum Gasteiger partial charge on any atom is -0.497 e. The molecular formula is C31H43N3O5. The molecule has 0 aromatic heterocycles. The van der Waals surface area contributed by atoms with Crippen molar-refractivity contribution in [3.63, 3.8) is 0 Å². The van der Waals surface area contributed by atoms with Crippen LogP contribution >= 0.6 is 0 Å². The molecule has 0 aliphatic heterocycles. The van der Waals surface area contributed by atoms with Crippen LogP contribution in [0.5, 0.6) is 5.75 Å². The Balaban J connectivity index is 2.51. The number of carbonyl (C=O) groups excluding carboxylic acids is 3. The van der Waals surface area contributed by atoms with E-state index in [1.54, 1.807) is 58.2 Å². The molecule has 0 heterocycles. The van der Waals surface area contributed by atoms with Crippen molar-refractivity contribution in [2.45, 2.75) is 72.1 Å². The molecule has 0 bridgehead atoms. The molecule has 2 aromatic carbocycles. The van der Waals surface area contributed by atoms with Crippen LogP contribution in [0, 0.1) is 5.92 Å². The summed E-state index contributed by atoms with van der Waals surface area (Å²) >= 11 is 0. The average Bonchev–Trinajstić information content (AvgIpc) is 2.90. The zero-order valence-corrected chi connectivity index (χ0v) is 24.2. The molecule has 8 heteroatoms. The molecule has 3 atom stereocenters. The predicted octanol–water partition coefficient (Wildman–Crippen LogP) is 5.89. The third-order valence-electron chi connectivity index (χ3n) is 6.38. The first kappa shape index (κ1) is 31.4. The Labute approximate surface area is 232 Å². The molecule has 0 saturated heterocycles. The number of nitrogens with one attached hydrogen (secondary N) is 2. The molecule has 3 unspecified atom stereocenters. The van der Waals surface area contributed by atoms with Crippen LogP contribution in [0.2, 0.25) is 0 Å². The zero-order chi connectivity index (χ0) is 29.2. The number of anilines is 1. The quantitative estimate of drug-likeness (QED) is 0.329. The highest BCUT2D eigenvalue weighted by Crippen LogP contribution is 2.27. The van der Waals surface area contributed by atoms with Gasteiger partial charge in [-0.05, 0) is 68.5 Å². The summed E-state index contributed by atoms with van der Waals surface area (Å²) in [5.41, 5.74) is 1.59. The molecule has 0 radical (unpaired) electrons. The van der Waals surface area contributed by atoms with E-state index in [-0.39, 0.29) is 18.4 Å². The number of carbonyl (C=O) groups is 3. The van der Waals surface area contributed by atoms with E-state index in [4.69, 9.17) is 9.47 Å². The first-order valence-corrected chi connectivity index (χ1v) is 13.4. The number of nitrogens with zero attached hydrogens (tertiary/aromatic N) is 1.